The lowest BCUT2D eigenvalue weighted by Gasteiger charge is -2.10. The molecule has 5 nitrogen and oxygen atoms in total. The number of aromatic nitrogens is 2. The molecule has 0 spiro atoms. The van der Waals surface area contributed by atoms with Crippen LogP contribution in [0.3, 0.4) is 0 Å². The number of nitrogens with zero attached hydrogens (tertiary/aromatic N) is 1. The molecule has 0 aliphatic carbocycles. The zero-order valence-corrected chi connectivity index (χ0v) is 15.0. The number of hydrogen-bond donors (Lipinski definition) is 1. The standard InChI is InChI=1S/C21H22N2O3/c1-15-13-18(20(24)14-26-21(25)19-9-6-11-22-19)16(2)23(15)12-10-17-7-4-3-5-8-17/h3-9,11,13,22H,10,12,14H2,1-2H3. The molecule has 0 radical (unpaired) electrons. The normalized spacial score (nSPS) is 10.7. The van der Waals surface area contributed by atoms with Crippen LogP contribution in [0.15, 0.2) is 54.7 Å². The maximum atomic E-state index is 12.5. The first-order valence-electron chi connectivity index (χ1n) is 8.60. The molecule has 2 heterocycles. The van der Waals surface area contributed by atoms with E-state index in [0.717, 1.165) is 24.4 Å². The maximum Gasteiger partial charge on any atom is 0.355 e. The molecule has 1 aromatic carbocycles. The summed E-state index contributed by atoms with van der Waals surface area (Å²) >= 11 is 0. The van der Waals surface area contributed by atoms with Gasteiger partial charge in [-0.2, -0.15) is 0 Å². The summed E-state index contributed by atoms with van der Waals surface area (Å²) in [5.74, 6) is -0.717. The highest BCUT2D eigenvalue weighted by Gasteiger charge is 2.18. The monoisotopic (exact) mass is 350 g/mol. The zero-order valence-electron chi connectivity index (χ0n) is 15.0. The molecule has 0 amide bonds. The van der Waals surface area contributed by atoms with Crippen molar-refractivity contribution in [2.24, 2.45) is 0 Å². The summed E-state index contributed by atoms with van der Waals surface area (Å²) in [6, 6.07) is 15.4. The molecule has 1 N–H and O–H groups in total. The highest BCUT2D eigenvalue weighted by Crippen LogP contribution is 2.17. The minimum Gasteiger partial charge on any atom is -0.453 e. The van der Waals surface area contributed by atoms with Crippen molar-refractivity contribution in [2.75, 3.05) is 6.61 Å². The Labute approximate surface area is 152 Å². The second kappa shape index (κ2) is 7.87. The van der Waals surface area contributed by atoms with Crippen molar-refractivity contribution in [3.8, 4) is 0 Å². The van der Waals surface area contributed by atoms with Crippen molar-refractivity contribution in [1.29, 1.82) is 0 Å². The second-order valence-electron chi connectivity index (χ2n) is 6.26. The molecular formula is C21H22N2O3. The number of H-pyrrole nitrogens is 1. The molecule has 5 heteroatoms. The van der Waals surface area contributed by atoms with Gasteiger partial charge in [-0.1, -0.05) is 30.3 Å². The lowest BCUT2D eigenvalue weighted by atomic mass is 10.1. The molecule has 0 fully saturated rings. The molecule has 0 aliphatic rings. The van der Waals surface area contributed by atoms with Crippen molar-refractivity contribution >= 4 is 11.8 Å². The average Bonchev–Trinajstić information content (AvgIpc) is 3.28. The lowest BCUT2D eigenvalue weighted by molar-refractivity contribution is 0.0469. The van der Waals surface area contributed by atoms with E-state index in [4.69, 9.17) is 4.74 Å². The molecule has 0 atom stereocenters. The van der Waals surface area contributed by atoms with Gasteiger partial charge in [0, 0.05) is 29.7 Å². The summed E-state index contributed by atoms with van der Waals surface area (Å²) in [5.41, 5.74) is 4.13. The van der Waals surface area contributed by atoms with Gasteiger partial charge in [0.25, 0.3) is 0 Å². The fraction of sp³-hybridized carbons (Fsp3) is 0.238. The number of benzene rings is 1. The van der Waals surface area contributed by atoms with Crippen LogP contribution in [-0.4, -0.2) is 27.9 Å². The van der Waals surface area contributed by atoms with Crippen LogP contribution < -0.4 is 0 Å². The van der Waals surface area contributed by atoms with Crippen molar-refractivity contribution < 1.29 is 14.3 Å². The van der Waals surface area contributed by atoms with Gasteiger partial charge in [0.15, 0.2) is 6.61 Å². The van der Waals surface area contributed by atoms with E-state index >= 15 is 0 Å². The van der Waals surface area contributed by atoms with E-state index in [1.807, 2.05) is 38.1 Å². The Morgan fingerprint density at radius 3 is 2.54 bits per heavy atom. The van der Waals surface area contributed by atoms with Crippen LogP contribution in [0.2, 0.25) is 0 Å². The molecule has 2 aromatic heterocycles. The number of nitrogens with one attached hydrogen (secondary N) is 1. The van der Waals surface area contributed by atoms with Crippen LogP contribution in [0.4, 0.5) is 0 Å². The van der Waals surface area contributed by atoms with E-state index in [9.17, 15) is 9.59 Å². The predicted octanol–water partition coefficient (Wildman–Crippen LogP) is 3.72. The van der Waals surface area contributed by atoms with Crippen LogP contribution in [0.5, 0.6) is 0 Å². The molecule has 0 saturated heterocycles. The Hall–Kier alpha value is -3.08. The fourth-order valence-electron chi connectivity index (χ4n) is 3.06. The summed E-state index contributed by atoms with van der Waals surface area (Å²) < 4.78 is 7.24. The molecule has 26 heavy (non-hydrogen) atoms. The number of aromatic amines is 1. The maximum absolute atomic E-state index is 12.5. The van der Waals surface area contributed by atoms with Crippen LogP contribution >= 0.6 is 0 Å². The van der Waals surface area contributed by atoms with E-state index in [1.54, 1.807) is 18.3 Å². The minimum atomic E-state index is -0.527. The van der Waals surface area contributed by atoms with Crippen molar-refractivity contribution in [3.05, 3.63) is 82.9 Å². The number of ketones is 1. The Kier molecular flexibility index (Phi) is 5.37. The largest absolute Gasteiger partial charge is 0.453 e. The first-order valence-corrected chi connectivity index (χ1v) is 8.60. The van der Waals surface area contributed by atoms with Gasteiger partial charge in [-0.05, 0) is 44.0 Å². The van der Waals surface area contributed by atoms with E-state index in [1.165, 1.54) is 5.56 Å². The first-order chi connectivity index (χ1) is 12.6. The molecule has 0 saturated carbocycles. The van der Waals surface area contributed by atoms with Crippen molar-refractivity contribution in [1.82, 2.24) is 9.55 Å². The second-order valence-corrected chi connectivity index (χ2v) is 6.26. The topological polar surface area (TPSA) is 64.1 Å². The van der Waals surface area contributed by atoms with Gasteiger partial charge < -0.3 is 14.3 Å². The number of carbonyl (C=O) groups is 2. The third kappa shape index (κ3) is 3.94. The number of rotatable bonds is 7. The van der Waals surface area contributed by atoms with E-state index in [2.05, 4.69) is 21.7 Å². The molecule has 3 rings (SSSR count). The fourth-order valence-corrected chi connectivity index (χ4v) is 3.06. The van der Waals surface area contributed by atoms with Crippen LogP contribution in [0.25, 0.3) is 0 Å². The average molecular weight is 350 g/mol. The summed E-state index contributed by atoms with van der Waals surface area (Å²) in [6.07, 6.45) is 2.53. The van der Waals surface area contributed by atoms with Crippen molar-refractivity contribution in [3.63, 3.8) is 0 Å². The van der Waals surface area contributed by atoms with Crippen LogP contribution in [0.1, 0.15) is 37.8 Å². The number of Topliss-reactive ketones (excluding diaryl/α,β-unsaturated/α-hetero) is 1. The number of aryl methyl sites for hydroxylation is 2. The predicted molar refractivity (Wildman–Crippen MR) is 99.5 cm³/mol. The Balaban J connectivity index is 1.64. The van der Waals surface area contributed by atoms with Gasteiger partial charge in [-0.15, -0.1) is 0 Å². The molecule has 0 bridgehead atoms. The van der Waals surface area contributed by atoms with Gasteiger partial charge in [0.2, 0.25) is 5.78 Å². The van der Waals surface area contributed by atoms with E-state index < -0.39 is 5.97 Å². The van der Waals surface area contributed by atoms with E-state index in [0.29, 0.717) is 11.3 Å². The van der Waals surface area contributed by atoms with E-state index in [-0.39, 0.29) is 12.4 Å². The molecule has 0 unspecified atom stereocenters. The van der Waals surface area contributed by atoms with Crippen LogP contribution in [0, 0.1) is 13.8 Å². The Bertz CT molecular complexity index is 893. The van der Waals surface area contributed by atoms with Gasteiger partial charge in [-0.3, -0.25) is 4.79 Å². The highest BCUT2D eigenvalue weighted by molar-refractivity contribution is 6.00. The van der Waals surface area contributed by atoms with Crippen molar-refractivity contribution in [2.45, 2.75) is 26.8 Å². The molecule has 3 aromatic rings. The summed E-state index contributed by atoms with van der Waals surface area (Å²) in [6.45, 7) is 4.45. The third-order valence-corrected chi connectivity index (χ3v) is 4.49. The number of esters is 1. The highest BCUT2D eigenvalue weighted by atomic mass is 16.5. The SMILES string of the molecule is Cc1cc(C(=O)COC(=O)c2ccc[nH]2)c(C)n1CCc1ccccc1. The van der Waals surface area contributed by atoms with Crippen LogP contribution in [-0.2, 0) is 17.7 Å². The summed E-state index contributed by atoms with van der Waals surface area (Å²) in [4.78, 5) is 27.1. The number of hydrogen-bond acceptors (Lipinski definition) is 3. The summed E-state index contributed by atoms with van der Waals surface area (Å²) in [5, 5.41) is 0. The quantitative estimate of drug-likeness (QED) is 0.522. The Morgan fingerprint density at radius 2 is 1.85 bits per heavy atom. The molecular weight excluding hydrogens is 328 g/mol. The van der Waals surface area contributed by atoms with Gasteiger partial charge in [-0.25, -0.2) is 4.79 Å². The first kappa shape index (κ1) is 17.7. The third-order valence-electron chi connectivity index (χ3n) is 4.49. The lowest BCUT2D eigenvalue weighted by Crippen LogP contribution is -2.15. The minimum absolute atomic E-state index is 0.191. The zero-order chi connectivity index (χ0) is 18.5. The number of ether oxygens (including phenoxy) is 1. The number of carbonyl (C=O) groups excluding carboxylic acids is 2. The summed E-state index contributed by atoms with van der Waals surface area (Å²) in [7, 11) is 0. The smallest absolute Gasteiger partial charge is 0.355 e. The Morgan fingerprint density at radius 1 is 1.08 bits per heavy atom. The molecule has 0 aliphatic heterocycles. The van der Waals surface area contributed by atoms with Gasteiger partial charge in [0.1, 0.15) is 5.69 Å². The van der Waals surface area contributed by atoms with Gasteiger partial charge in [0.05, 0.1) is 0 Å². The molecule has 134 valence electrons. The van der Waals surface area contributed by atoms with Gasteiger partial charge >= 0.3 is 5.97 Å².